The van der Waals surface area contributed by atoms with Crippen LogP contribution in [-0.4, -0.2) is 24.7 Å². The summed E-state index contributed by atoms with van der Waals surface area (Å²) in [4.78, 5) is 12.2. The van der Waals surface area contributed by atoms with Crippen molar-refractivity contribution < 1.29 is 36.2 Å². The number of hydrogen-bond acceptors (Lipinski definition) is 3. The first-order chi connectivity index (χ1) is 14.6. The number of benzene rings is 2. The lowest BCUT2D eigenvalue weighted by molar-refractivity contribution is -0.284. The SMILES string of the molecule is CCCCCc1ccc(C(=O)Oc2ccc(OCCCC(F)(F)C(F)(F)F)cc2)cc1. The minimum absolute atomic E-state index is 0.257. The molecule has 0 saturated heterocycles. The van der Waals surface area contributed by atoms with Gasteiger partial charge in [-0.25, -0.2) is 4.79 Å². The van der Waals surface area contributed by atoms with Crippen LogP contribution in [0.3, 0.4) is 0 Å². The van der Waals surface area contributed by atoms with Crippen molar-refractivity contribution in [1.82, 2.24) is 0 Å². The monoisotopic (exact) mass is 444 g/mol. The fraction of sp³-hybridized carbons (Fsp3) is 0.435. The molecule has 8 heteroatoms. The lowest BCUT2D eigenvalue weighted by Gasteiger charge is -2.19. The van der Waals surface area contributed by atoms with Crippen molar-refractivity contribution >= 4 is 5.97 Å². The van der Waals surface area contributed by atoms with Gasteiger partial charge in [0.25, 0.3) is 0 Å². The molecule has 2 aromatic rings. The van der Waals surface area contributed by atoms with E-state index in [-0.39, 0.29) is 18.1 Å². The van der Waals surface area contributed by atoms with Gasteiger partial charge in [-0.1, -0.05) is 31.9 Å². The van der Waals surface area contributed by atoms with E-state index in [1.807, 2.05) is 12.1 Å². The third-order valence-corrected chi connectivity index (χ3v) is 4.61. The molecule has 0 atom stereocenters. The van der Waals surface area contributed by atoms with Crippen LogP contribution >= 0.6 is 0 Å². The molecule has 31 heavy (non-hydrogen) atoms. The Balaban J connectivity index is 1.79. The number of aryl methyl sites for hydroxylation is 1. The van der Waals surface area contributed by atoms with Gasteiger partial charge in [0.1, 0.15) is 11.5 Å². The highest BCUT2D eigenvalue weighted by atomic mass is 19.4. The van der Waals surface area contributed by atoms with Gasteiger partial charge < -0.3 is 9.47 Å². The van der Waals surface area contributed by atoms with E-state index in [1.165, 1.54) is 24.3 Å². The number of alkyl halides is 5. The number of hydrogen-bond donors (Lipinski definition) is 0. The molecule has 0 aliphatic heterocycles. The van der Waals surface area contributed by atoms with Crippen LogP contribution in [0.1, 0.15) is 54.9 Å². The fourth-order valence-electron chi connectivity index (χ4n) is 2.78. The predicted octanol–water partition coefficient (Wildman–Crippen LogP) is 7.00. The molecule has 170 valence electrons. The summed E-state index contributed by atoms with van der Waals surface area (Å²) in [5, 5.41) is 0. The van der Waals surface area contributed by atoms with Gasteiger partial charge in [0.15, 0.2) is 0 Å². The lowest BCUT2D eigenvalue weighted by Crippen LogP contribution is -2.36. The number of carbonyl (C=O) groups is 1. The van der Waals surface area contributed by atoms with Gasteiger partial charge in [-0.05, 0) is 61.2 Å². The minimum atomic E-state index is -5.56. The van der Waals surface area contributed by atoms with Crippen LogP contribution in [0.2, 0.25) is 0 Å². The Kier molecular flexibility index (Phi) is 8.83. The van der Waals surface area contributed by atoms with Crippen molar-refractivity contribution in [2.24, 2.45) is 0 Å². The van der Waals surface area contributed by atoms with Crippen molar-refractivity contribution in [2.45, 2.75) is 57.5 Å². The van der Waals surface area contributed by atoms with Gasteiger partial charge in [0.2, 0.25) is 0 Å². The largest absolute Gasteiger partial charge is 0.494 e. The van der Waals surface area contributed by atoms with E-state index in [0.717, 1.165) is 31.2 Å². The normalized spacial score (nSPS) is 11.9. The Morgan fingerprint density at radius 2 is 1.45 bits per heavy atom. The first-order valence-electron chi connectivity index (χ1n) is 10.1. The number of carbonyl (C=O) groups excluding carboxylic acids is 1. The van der Waals surface area contributed by atoms with Crippen LogP contribution in [0.4, 0.5) is 22.0 Å². The van der Waals surface area contributed by atoms with Gasteiger partial charge in [0, 0.05) is 6.42 Å². The van der Waals surface area contributed by atoms with Crippen LogP contribution in [0.15, 0.2) is 48.5 Å². The second kappa shape index (κ2) is 11.1. The molecule has 0 bridgehead atoms. The summed E-state index contributed by atoms with van der Waals surface area (Å²) in [6, 6.07) is 13.0. The van der Waals surface area contributed by atoms with Crippen molar-refractivity contribution in [3.8, 4) is 11.5 Å². The number of ether oxygens (including phenoxy) is 2. The third kappa shape index (κ3) is 7.84. The van der Waals surface area contributed by atoms with Gasteiger partial charge in [-0.2, -0.15) is 22.0 Å². The summed E-state index contributed by atoms with van der Waals surface area (Å²) in [6.45, 7) is 1.84. The fourth-order valence-corrected chi connectivity index (χ4v) is 2.78. The molecule has 0 amide bonds. The van der Waals surface area contributed by atoms with Gasteiger partial charge in [-0.3, -0.25) is 0 Å². The molecule has 0 spiro atoms. The zero-order valence-electron chi connectivity index (χ0n) is 17.2. The second-order valence-electron chi connectivity index (χ2n) is 7.17. The van der Waals surface area contributed by atoms with E-state index in [4.69, 9.17) is 9.47 Å². The Morgan fingerprint density at radius 1 is 0.839 bits per heavy atom. The molecule has 0 aromatic heterocycles. The average Bonchev–Trinajstić information content (AvgIpc) is 2.72. The molecule has 3 nitrogen and oxygen atoms in total. The standard InChI is InChI=1S/C23H25F5O3/c1-2-3-4-6-17-7-9-18(10-8-17)21(29)31-20-13-11-19(12-14-20)30-16-5-15-22(24,25)23(26,27)28/h7-14H,2-6,15-16H2,1H3. The lowest BCUT2D eigenvalue weighted by atomic mass is 10.1. The van der Waals surface area contributed by atoms with Gasteiger partial charge >= 0.3 is 18.1 Å². The van der Waals surface area contributed by atoms with E-state index in [1.54, 1.807) is 12.1 Å². The summed E-state index contributed by atoms with van der Waals surface area (Å²) in [7, 11) is 0. The molecule has 0 heterocycles. The number of rotatable bonds is 11. The third-order valence-electron chi connectivity index (χ3n) is 4.61. The quantitative estimate of drug-likeness (QED) is 0.162. The summed E-state index contributed by atoms with van der Waals surface area (Å²) in [5.41, 5.74) is 1.56. The smallest absolute Gasteiger partial charge is 0.453 e. The van der Waals surface area contributed by atoms with Crippen LogP contribution < -0.4 is 9.47 Å². The number of unbranched alkanes of at least 4 members (excludes halogenated alkanes) is 2. The van der Waals surface area contributed by atoms with Crippen molar-refractivity contribution in [2.75, 3.05) is 6.61 Å². The topological polar surface area (TPSA) is 35.5 Å². The summed E-state index contributed by atoms with van der Waals surface area (Å²) >= 11 is 0. The average molecular weight is 444 g/mol. The predicted molar refractivity (Wildman–Crippen MR) is 107 cm³/mol. The highest BCUT2D eigenvalue weighted by molar-refractivity contribution is 5.91. The zero-order chi connectivity index (χ0) is 22.9. The van der Waals surface area contributed by atoms with E-state index in [9.17, 15) is 26.7 Å². The maximum Gasteiger partial charge on any atom is 0.453 e. The molecule has 2 aromatic carbocycles. The maximum absolute atomic E-state index is 12.8. The molecule has 0 unspecified atom stereocenters. The Hall–Kier alpha value is -2.64. The number of halogens is 5. The van der Waals surface area contributed by atoms with Crippen molar-refractivity contribution in [3.05, 3.63) is 59.7 Å². The molecule has 0 N–H and O–H groups in total. The molecule has 0 radical (unpaired) electrons. The summed E-state index contributed by atoms with van der Waals surface area (Å²) in [5.74, 6) is -4.73. The van der Waals surface area contributed by atoms with E-state index in [2.05, 4.69) is 6.92 Å². The van der Waals surface area contributed by atoms with E-state index < -0.39 is 30.9 Å². The number of esters is 1. The highest BCUT2D eigenvalue weighted by Gasteiger charge is 2.56. The molecule has 0 fully saturated rings. The molecular weight excluding hydrogens is 419 g/mol. The van der Waals surface area contributed by atoms with Crippen molar-refractivity contribution in [1.29, 1.82) is 0 Å². The molecule has 0 aliphatic carbocycles. The van der Waals surface area contributed by atoms with Crippen LogP contribution in [0.25, 0.3) is 0 Å². The van der Waals surface area contributed by atoms with E-state index in [0.29, 0.717) is 5.56 Å². The van der Waals surface area contributed by atoms with Gasteiger partial charge in [-0.15, -0.1) is 0 Å². The van der Waals surface area contributed by atoms with E-state index >= 15 is 0 Å². The molecule has 0 aliphatic rings. The van der Waals surface area contributed by atoms with Gasteiger partial charge in [0.05, 0.1) is 12.2 Å². The molecule has 2 rings (SSSR count). The minimum Gasteiger partial charge on any atom is -0.494 e. The highest BCUT2D eigenvalue weighted by Crippen LogP contribution is 2.38. The Labute approximate surface area is 178 Å². The first kappa shape index (κ1) is 24.6. The summed E-state index contributed by atoms with van der Waals surface area (Å²) in [6.07, 6.45) is -3.01. The molecule has 0 saturated carbocycles. The zero-order valence-corrected chi connectivity index (χ0v) is 17.2. The molecular formula is C23H25F5O3. The first-order valence-corrected chi connectivity index (χ1v) is 10.1. The second-order valence-corrected chi connectivity index (χ2v) is 7.17. The summed E-state index contributed by atoms with van der Waals surface area (Å²) < 4.78 is 72.4. The van der Waals surface area contributed by atoms with Crippen LogP contribution in [0.5, 0.6) is 11.5 Å². The van der Waals surface area contributed by atoms with Crippen molar-refractivity contribution in [3.63, 3.8) is 0 Å². The Bertz CT molecular complexity index is 815. The Morgan fingerprint density at radius 3 is 2.03 bits per heavy atom. The maximum atomic E-state index is 12.8. The van der Waals surface area contributed by atoms with Crippen LogP contribution in [-0.2, 0) is 6.42 Å². The van der Waals surface area contributed by atoms with Crippen LogP contribution in [0, 0.1) is 0 Å².